The summed E-state index contributed by atoms with van der Waals surface area (Å²) < 4.78 is 40.2. The summed E-state index contributed by atoms with van der Waals surface area (Å²) in [6, 6.07) is -1.56. The molecule has 11 nitrogen and oxygen atoms in total. The number of rotatable bonds is 5. The van der Waals surface area contributed by atoms with Gasteiger partial charge in [-0.05, 0) is 12.8 Å². The van der Waals surface area contributed by atoms with Gasteiger partial charge in [0.25, 0.3) is 0 Å². The Hall–Kier alpha value is -1.76. The van der Waals surface area contributed by atoms with Crippen LogP contribution in [0.25, 0.3) is 0 Å². The second-order valence-electron chi connectivity index (χ2n) is 5.08. The Morgan fingerprint density at radius 3 is 2.86 bits per heavy atom. The molecule has 0 aliphatic carbocycles. The molecule has 122 valence electrons. The number of amides is 2. The zero-order chi connectivity index (χ0) is 15.9. The first-order valence-electron chi connectivity index (χ1n) is 6.68. The molecule has 0 saturated carbocycles. The summed E-state index contributed by atoms with van der Waals surface area (Å²) in [7, 11) is -4.75. The van der Waals surface area contributed by atoms with Crippen molar-refractivity contribution in [1.29, 1.82) is 0 Å². The molecule has 3 N–H and O–H groups in total. The van der Waals surface area contributed by atoms with Crippen molar-refractivity contribution < 1.29 is 26.5 Å². The number of carbonyl (C=O) groups excluding carboxylic acids is 1. The zero-order valence-electron chi connectivity index (χ0n) is 11.5. The molecule has 1 aromatic heterocycles. The van der Waals surface area contributed by atoms with Gasteiger partial charge in [-0.3, -0.25) is 4.55 Å². The Bertz CT molecular complexity index is 675. The molecule has 2 atom stereocenters. The number of hydrogen-bond donors (Lipinski definition) is 2. The van der Waals surface area contributed by atoms with Gasteiger partial charge in [-0.2, -0.15) is 13.5 Å². The molecule has 2 amide bonds. The lowest BCUT2D eigenvalue weighted by atomic mass is 10.0. The van der Waals surface area contributed by atoms with Gasteiger partial charge < -0.3 is 15.1 Å². The largest absolute Gasteiger partial charge is 0.423 e. The SMILES string of the molecule is NCCc1nnc(C2CCC3CN2C(=O)N3OS(=O)(=O)O)o1. The lowest BCUT2D eigenvalue weighted by molar-refractivity contribution is -0.0317. The number of nitrogens with two attached hydrogens (primary N) is 1. The van der Waals surface area contributed by atoms with Gasteiger partial charge in [0.2, 0.25) is 11.8 Å². The molecular weight excluding hydrogens is 318 g/mol. The predicted molar refractivity (Wildman–Crippen MR) is 69.4 cm³/mol. The minimum Gasteiger partial charge on any atom is -0.423 e. The van der Waals surface area contributed by atoms with E-state index in [0.29, 0.717) is 36.8 Å². The third-order valence-corrected chi connectivity index (χ3v) is 3.97. The van der Waals surface area contributed by atoms with Gasteiger partial charge >= 0.3 is 16.4 Å². The number of hydrogen-bond acceptors (Lipinski definition) is 8. The highest BCUT2D eigenvalue weighted by Gasteiger charge is 2.49. The summed E-state index contributed by atoms with van der Waals surface area (Å²) in [6.45, 7) is 0.626. The number of urea groups is 1. The van der Waals surface area contributed by atoms with E-state index in [1.54, 1.807) is 0 Å². The van der Waals surface area contributed by atoms with Crippen LogP contribution in [-0.4, -0.2) is 58.3 Å². The first-order chi connectivity index (χ1) is 10.4. The fourth-order valence-electron chi connectivity index (χ4n) is 2.71. The fraction of sp³-hybridized carbons (Fsp3) is 0.700. The molecule has 2 aliphatic heterocycles. The maximum Gasteiger partial charge on any atom is 0.418 e. The van der Waals surface area contributed by atoms with Gasteiger partial charge in [0, 0.05) is 19.5 Å². The first-order valence-corrected chi connectivity index (χ1v) is 8.04. The van der Waals surface area contributed by atoms with Crippen LogP contribution in [0.1, 0.15) is 30.7 Å². The third kappa shape index (κ3) is 2.77. The van der Waals surface area contributed by atoms with Crippen LogP contribution in [0.2, 0.25) is 0 Å². The predicted octanol–water partition coefficient (Wildman–Crippen LogP) is -0.754. The van der Waals surface area contributed by atoms with Gasteiger partial charge in [0.05, 0.1) is 6.04 Å². The summed E-state index contributed by atoms with van der Waals surface area (Å²) in [6.07, 6.45) is 1.44. The molecule has 12 heteroatoms. The molecule has 1 aromatic rings. The van der Waals surface area contributed by atoms with E-state index < -0.39 is 28.5 Å². The number of hydroxylamine groups is 2. The van der Waals surface area contributed by atoms with Crippen molar-refractivity contribution in [3.63, 3.8) is 0 Å². The molecule has 0 radical (unpaired) electrons. The average molecular weight is 333 g/mol. The quantitative estimate of drug-likeness (QED) is 0.662. The summed E-state index contributed by atoms with van der Waals surface area (Å²) >= 11 is 0. The van der Waals surface area contributed by atoms with Crippen molar-refractivity contribution in [2.24, 2.45) is 5.73 Å². The number of nitrogens with zero attached hydrogens (tertiary/aromatic N) is 4. The van der Waals surface area contributed by atoms with Crippen LogP contribution in [0.4, 0.5) is 4.79 Å². The van der Waals surface area contributed by atoms with Crippen LogP contribution in [0.5, 0.6) is 0 Å². The van der Waals surface area contributed by atoms with E-state index >= 15 is 0 Å². The number of piperidine rings is 1. The minimum atomic E-state index is -4.75. The summed E-state index contributed by atoms with van der Waals surface area (Å²) in [4.78, 5) is 13.6. The van der Waals surface area contributed by atoms with Crippen LogP contribution in [-0.2, 0) is 21.1 Å². The van der Waals surface area contributed by atoms with Crippen molar-refractivity contribution in [2.75, 3.05) is 13.1 Å². The van der Waals surface area contributed by atoms with Crippen LogP contribution < -0.4 is 5.73 Å². The first kappa shape index (κ1) is 15.1. The highest BCUT2D eigenvalue weighted by Crippen LogP contribution is 2.38. The summed E-state index contributed by atoms with van der Waals surface area (Å²) in [5.74, 6) is 0.668. The molecular formula is C10H15N5O6S. The Morgan fingerprint density at radius 2 is 2.18 bits per heavy atom. The van der Waals surface area contributed by atoms with Crippen LogP contribution >= 0.6 is 0 Å². The van der Waals surface area contributed by atoms with Crippen LogP contribution in [0.15, 0.2) is 4.42 Å². The monoisotopic (exact) mass is 333 g/mol. The van der Waals surface area contributed by atoms with Crippen LogP contribution in [0.3, 0.4) is 0 Å². The molecule has 2 saturated heterocycles. The van der Waals surface area contributed by atoms with Gasteiger partial charge in [-0.1, -0.05) is 0 Å². The van der Waals surface area contributed by atoms with Crippen molar-refractivity contribution in [3.05, 3.63) is 11.8 Å². The normalized spacial score (nSPS) is 25.1. The molecule has 3 rings (SSSR count). The Labute approximate surface area is 125 Å². The fourth-order valence-corrected chi connectivity index (χ4v) is 3.10. The number of carbonyl (C=O) groups is 1. The van der Waals surface area contributed by atoms with E-state index in [-0.39, 0.29) is 12.4 Å². The van der Waals surface area contributed by atoms with Crippen molar-refractivity contribution in [1.82, 2.24) is 20.2 Å². The van der Waals surface area contributed by atoms with Gasteiger partial charge in [-0.15, -0.1) is 14.5 Å². The van der Waals surface area contributed by atoms with E-state index in [0.717, 1.165) is 0 Å². The van der Waals surface area contributed by atoms with Gasteiger partial charge in [0.15, 0.2) is 0 Å². The standard InChI is InChI=1S/C10H15N5O6S/c11-4-3-8-12-13-9(20-8)7-2-1-6-5-14(7)10(16)15(6)21-22(17,18)19/h6-7H,1-5,11H2,(H,17,18,19). The molecule has 2 unspecified atom stereocenters. The average Bonchev–Trinajstić information content (AvgIpc) is 2.99. The number of aromatic nitrogens is 2. The van der Waals surface area contributed by atoms with Gasteiger partial charge in [0.1, 0.15) is 6.04 Å². The second-order valence-corrected chi connectivity index (χ2v) is 6.09. The minimum absolute atomic E-state index is 0.258. The van der Waals surface area contributed by atoms with E-state index in [4.69, 9.17) is 14.7 Å². The number of fused-ring (bicyclic) bond motifs is 2. The lowest BCUT2D eigenvalue weighted by Gasteiger charge is -2.27. The van der Waals surface area contributed by atoms with E-state index in [1.165, 1.54) is 4.90 Å². The van der Waals surface area contributed by atoms with Crippen LogP contribution in [0, 0.1) is 0 Å². The Balaban J connectivity index is 1.79. The molecule has 2 aliphatic rings. The second kappa shape index (κ2) is 5.46. The lowest BCUT2D eigenvalue weighted by Crippen LogP contribution is -2.35. The Morgan fingerprint density at radius 1 is 1.41 bits per heavy atom. The van der Waals surface area contributed by atoms with E-state index in [1.807, 2.05) is 0 Å². The summed E-state index contributed by atoms with van der Waals surface area (Å²) in [5, 5.41) is 8.44. The maximum absolute atomic E-state index is 12.2. The smallest absolute Gasteiger partial charge is 0.418 e. The molecule has 22 heavy (non-hydrogen) atoms. The molecule has 2 bridgehead atoms. The Kier molecular flexibility index (Phi) is 3.76. The van der Waals surface area contributed by atoms with Crippen molar-refractivity contribution in [3.8, 4) is 0 Å². The molecule has 0 aromatic carbocycles. The third-order valence-electron chi connectivity index (χ3n) is 3.62. The summed E-state index contributed by atoms with van der Waals surface area (Å²) in [5.41, 5.74) is 5.41. The van der Waals surface area contributed by atoms with Crippen molar-refractivity contribution >= 4 is 16.4 Å². The highest BCUT2D eigenvalue weighted by molar-refractivity contribution is 7.80. The highest BCUT2D eigenvalue weighted by atomic mass is 32.3. The zero-order valence-corrected chi connectivity index (χ0v) is 12.3. The topological polar surface area (TPSA) is 152 Å². The van der Waals surface area contributed by atoms with Gasteiger partial charge in [-0.25, -0.2) is 4.79 Å². The van der Waals surface area contributed by atoms with E-state index in [2.05, 4.69) is 14.5 Å². The van der Waals surface area contributed by atoms with E-state index in [9.17, 15) is 13.2 Å². The van der Waals surface area contributed by atoms with Crippen molar-refractivity contribution in [2.45, 2.75) is 31.3 Å². The molecule has 0 spiro atoms. The molecule has 3 heterocycles. The maximum atomic E-state index is 12.2. The molecule has 2 fully saturated rings.